The average molecular weight is 265 g/mol. The normalized spacial score (nSPS) is 27.2. The van der Waals surface area contributed by atoms with Crippen LogP contribution < -0.4 is 5.73 Å². The molecule has 0 saturated carbocycles. The Kier molecular flexibility index (Phi) is 3.05. The van der Waals surface area contributed by atoms with Gasteiger partial charge in [0.25, 0.3) is 0 Å². The molecule has 1 aliphatic rings. The van der Waals surface area contributed by atoms with E-state index in [-0.39, 0.29) is 25.0 Å². The maximum Gasteiger partial charge on any atom is 0.167 e. The number of anilines is 1. The number of fused-ring (bicyclic) bond motifs is 1. The van der Waals surface area contributed by atoms with Crippen LogP contribution in [0.15, 0.2) is 12.7 Å². The van der Waals surface area contributed by atoms with Crippen molar-refractivity contribution in [1.82, 2.24) is 19.5 Å². The number of aliphatic hydroxyl groups excluding tert-OH is 1. The van der Waals surface area contributed by atoms with Crippen molar-refractivity contribution in [2.75, 3.05) is 19.5 Å². The predicted molar refractivity (Wildman–Crippen MR) is 66.1 cm³/mol. The van der Waals surface area contributed by atoms with Gasteiger partial charge < -0.3 is 20.3 Å². The first-order chi connectivity index (χ1) is 9.24. The van der Waals surface area contributed by atoms with Crippen LogP contribution in [0.4, 0.5) is 5.82 Å². The third kappa shape index (κ3) is 1.93. The fraction of sp³-hybridized carbons (Fsp3) is 0.545. The molecule has 1 saturated heterocycles. The lowest BCUT2D eigenvalue weighted by Crippen LogP contribution is -2.26. The van der Waals surface area contributed by atoms with Crippen molar-refractivity contribution in [3.8, 4) is 0 Å². The molecule has 3 rings (SSSR count). The number of nitrogen functional groups attached to an aromatic ring is 1. The molecule has 8 nitrogen and oxygen atoms in total. The second kappa shape index (κ2) is 4.72. The first-order valence-electron chi connectivity index (χ1n) is 5.96. The molecule has 3 N–H and O–H groups in total. The van der Waals surface area contributed by atoms with Crippen molar-refractivity contribution in [3.63, 3.8) is 0 Å². The minimum Gasteiger partial charge on any atom is -0.394 e. The van der Waals surface area contributed by atoms with Gasteiger partial charge in [0, 0.05) is 13.5 Å². The summed E-state index contributed by atoms with van der Waals surface area (Å²) in [4.78, 5) is 12.3. The van der Waals surface area contributed by atoms with Crippen LogP contribution >= 0.6 is 0 Å². The highest BCUT2D eigenvalue weighted by atomic mass is 16.6. The lowest BCUT2D eigenvalue weighted by molar-refractivity contribution is -0.0512. The maximum atomic E-state index is 9.26. The molecule has 2 aromatic rings. The quantitative estimate of drug-likeness (QED) is 0.784. The topological polar surface area (TPSA) is 108 Å². The smallest absolute Gasteiger partial charge is 0.167 e. The molecule has 102 valence electrons. The van der Waals surface area contributed by atoms with Gasteiger partial charge in [0.1, 0.15) is 24.2 Å². The van der Waals surface area contributed by atoms with E-state index in [2.05, 4.69) is 15.0 Å². The molecule has 0 spiro atoms. The Hall–Kier alpha value is -1.77. The van der Waals surface area contributed by atoms with Crippen LogP contribution in [0.2, 0.25) is 0 Å². The summed E-state index contributed by atoms with van der Waals surface area (Å²) in [6, 6.07) is 0. The molecule has 0 radical (unpaired) electrons. The van der Waals surface area contributed by atoms with Gasteiger partial charge in [0.15, 0.2) is 11.5 Å². The van der Waals surface area contributed by atoms with Gasteiger partial charge in [-0.1, -0.05) is 0 Å². The molecule has 8 heteroatoms. The highest BCUT2D eigenvalue weighted by Gasteiger charge is 2.36. The molecule has 3 heterocycles. The van der Waals surface area contributed by atoms with Crippen LogP contribution in [0.1, 0.15) is 12.6 Å². The summed E-state index contributed by atoms with van der Waals surface area (Å²) < 4.78 is 12.8. The van der Waals surface area contributed by atoms with E-state index in [9.17, 15) is 5.11 Å². The number of ether oxygens (including phenoxy) is 2. The van der Waals surface area contributed by atoms with Crippen molar-refractivity contribution < 1.29 is 14.6 Å². The molecule has 1 fully saturated rings. The fourth-order valence-corrected chi connectivity index (χ4v) is 2.36. The van der Waals surface area contributed by atoms with Crippen molar-refractivity contribution in [3.05, 3.63) is 12.7 Å². The molecular weight excluding hydrogens is 250 g/mol. The Bertz CT molecular complexity index is 575. The van der Waals surface area contributed by atoms with Gasteiger partial charge >= 0.3 is 0 Å². The third-order valence-corrected chi connectivity index (χ3v) is 3.36. The molecule has 19 heavy (non-hydrogen) atoms. The van der Waals surface area contributed by atoms with Gasteiger partial charge in [-0.2, -0.15) is 0 Å². The first kappa shape index (κ1) is 12.3. The van der Waals surface area contributed by atoms with E-state index in [1.165, 1.54) is 6.33 Å². The Morgan fingerprint density at radius 2 is 2.37 bits per heavy atom. The molecule has 3 atom stereocenters. The van der Waals surface area contributed by atoms with Gasteiger partial charge in [-0.3, -0.25) is 4.57 Å². The van der Waals surface area contributed by atoms with Crippen LogP contribution in [0.25, 0.3) is 11.2 Å². The van der Waals surface area contributed by atoms with Gasteiger partial charge in [-0.25, -0.2) is 15.0 Å². The second-order valence-corrected chi connectivity index (χ2v) is 4.40. The monoisotopic (exact) mass is 265 g/mol. The molecule has 0 bridgehead atoms. The summed E-state index contributed by atoms with van der Waals surface area (Å²) in [5.41, 5.74) is 6.91. The maximum absolute atomic E-state index is 9.26. The molecule has 0 amide bonds. The van der Waals surface area contributed by atoms with Crippen molar-refractivity contribution >= 4 is 17.0 Å². The SMILES string of the molecule is CO[C@@H]1C[C@@H](n2cnc3c(N)ncnc32)O[C@H]1CO. The average Bonchev–Trinajstić information content (AvgIpc) is 3.02. The van der Waals surface area contributed by atoms with Crippen LogP contribution in [-0.2, 0) is 9.47 Å². The van der Waals surface area contributed by atoms with Gasteiger partial charge in [-0.05, 0) is 0 Å². The number of hydrogen-bond donors (Lipinski definition) is 2. The lowest BCUT2D eigenvalue weighted by Gasteiger charge is -2.14. The summed E-state index contributed by atoms with van der Waals surface area (Å²) in [6.45, 7) is -0.0846. The van der Waals surface area contributed by atoms with Gasteiger partial charge in [-0.15, -0.1) is 0 Å². The number of aliphatic hydroxyl groups is 1. The summed E-state index contributed by atoms with van der Waals surface area (Å²) in [5, 5.41) is 9.26. The fourth-order valence-electron chi connectivity index (χ4n) is 2.36. The van der Waals surface area contributed by atoms with Crippen LogP contribution in [-0.4, -0.2) is 50.6 Å². The molecule has 0 aromatic carbocycles. The van der Waals surface area contributed by atoms with E-state index < -0.39 is 0 Å². The molecule has 2 aromatic heterocycles. The Labute approximate surface area is 109 Å². The van der Waals surface area contributed by atoms with E-state index in [0.717, 1.165) is 0 Å². The van der Waals surface area contributed by atoms with Crippen molar-refractivity contribution in [1.29, 1.82) is 0 Å². The minimum atomic E-state index is -0.341. The van der Waals surface area contributed by atoms with Crippen molar-refractivity contribution in [2.45, 2.75) is 24.9 Å². The van der Waals surface area contributed by atoms with E-state index in [1.54, 1.807) is 18.0 Å². The number of methoxy groups -OCH3 is 1. The third-order valence-electron chi connectivity index (χ3n) is 3.36. The van der Waals surface area contributed by atoms with Crippen LogP contribution in [0.3, 0.4) is 0 Å². The van der Waals surface area contributed by atoms with E-state index in [1.807, 2.05) is 0 Å². The first-order valence-corrected chi connectivity index (χ1v) is 5.96. The summed E-state index contributed by atoms with van der Waals surface area (Å²) in [7, 11) is 1.60. The highest BCUT2D eigenvalue weighted by molar-refractivity contribution is 5.81. The Balaban J connectivity index is 1.95. The lowest BCUT2D eigenvalue weighted by atomic mass is 10.2. The molecule has 0 aliphatic carbocycles. The minimum absolute atomic E-state index is 0.0846. The highest BCUT2D eigenvalue weighted by Crippen LogP contribution is 2.32. The second-order valence-electron chi connectivity index (χ2n) is 4.40. The molecule has 0 unspecified atom stereocenters. The standard InChI is InChI=1S/C11H15N5O3/c1-18-6-2-8(19-7(6)3-17)16-5-15-9-10(12)13-4-14-11(9)16/h4-8,17H,2-3H2,1H3,(H2,12,13,14)/t6-,7+,8+/m1/s1. The predicted octanol–water partition coefficient (Wildman–Crippen LogP) is -0.297. The number of rotatable bonds is 3. The Morgan fingerprint density at radius 1 is 1.53 bits per heavy atom. The van der Waals surface area contributed by atoms with Crippen LogP contribution in [0, 0.1) is 0 Å². The van der Waals surface area contributed by atoms with Gasteiger partial charge in [0.2, 0.25) is 0 Å². The molecular formula is C11H15N5O3. The number of nitrogens with two attached hydrogens (primary N) is 1. The molecule has 1 aliphatic heterocycles. The number of nitrogens with zero attached hydrogens (tertiary/aromatic N) is 4. The van der Waals surface area contributed by atoms with E-state index in [4.69, 9.17) is 15.2 Å². The summed E-state index contributed by atoms with van der Waals surface area (Å²) in [6.07, 6.45) is 2.87. The van der Waals surface area contributed by atoms with Crippen LogP contribution in [0.5, 0.6) is 0 Å². The largest absolute Gasteiger partial charge is 0.394 e. The number of aromatic nitrogens is 4. The van der Waals surface area contributed by atoms with E-state index >= 15 is 0 Å². The number of hydrogen-bond acceptors (Lipinski definition) is 7. The Morgan fingerprint density at radius 3 is 3.05 bits per heavy atom. The zero-order valence-electron chi connectivity index (χ0n) is 10.4. The van der Waals surface area contributed by atoms with Gasteiger partial charge in [0.05, 0.1) is 19.0 Å². The summed E-state index contributed by atoms with van der Waals surface area (Å²) >= 11 is 0. The zero-order chi connectivity index (χ0) is 13.4. The summed E-state index contributed by atoms with van der Waals surface area (Å²) in [5.74, 6) is 0.337. The zero-order valence-corrected chi connectivity index (χ0v) is 10.4. The van der Waals surface area contributed by atoms with E-state index in [0.29, 0.717) is 23.4 Å². The number of imidazole rings is 1. The van der Waals surface area contributed by atoms with Crippen molar-refractivity contribution in [2.24, 2.45) is 0 Å².